The van der Waals surface area contributed by atoms with Gasteiger partial charge in [-0.05, 0) is 51.7 Å². The normalized spacial score (nSPS) is 19.4. The number of unbranched alkanes of at least 4 members (excludes halogenated alkanes) is 7. The Morgan fingerprint density at radius 3 is 2.10 bits per heavy atom. The molecule has 1 aliphatic rings. The number of likely N-dealkylation sites (tertiary alicyclic amines) is 1. The topological polar surface area (TPSA) is 23.5 Å². The van der Waals surface area contributed by atoms with Crippen LogP contribution in [0.2, 0.25) is 0 Å². The fourth-order valence-electron chi connectivity index (χ4n) is 3.31. The lowest BCUT2D eigenvalue weighted by atomic mass is 9.90. The van der Waals surface area contributed by atoms with Gasteiger partial charge in [0.2, 0.25) is 0 Å². The number of aliphatic hydroxyl groups excluding tert-OH is 1. The first-order valence-corrected chi connectivity index (χ1v) is 9.09. The highest BCUT2D eigenvalue weighted by Crippen LogP contribution is 2.23. The number of hydrogen-bond acceptors (Lipinski definition) is 2. The number of hydrogen-bond donors (Lipinski definition) is 1. The second-order valence-corrected chi connectivity index (χ2v) is 6.90. The van der Waals surface area contributed by atoms with E-state index < -0.39 is 0 Å². The van der Waals surface area contributed by atoms with Gasteiger partial charge in [-0.25, -0.2) is 0 Å². The van der Waals surface area contributed by atoms with E-state index in [4.69, 9.17) is 0 Å². The highest BCUT2D eigenvalue weighted by molar-refractivity contribution is 4.73. The molecule has 1 heterocycles. The summed E-state index contributed by atoms with van der Waals surface area (Å²) in [5, 5.41) is 10.1. The van der Waals surface area contributed by atoms with Crippen molar-refractivity contribution in [3.8, 4) is 0 Å². The summed E-state index contributed by atoms with van der Waals surface area (Å²) in [6.07, 6.45) is 15.5. The lowest BCUT2D eigenvalue weighted by molar-refractivity contribution is 0.106. The van der Waals surface area contributed by atoms with E-state index in [1.165, 1.54) is 77.3 Å². The SMILES string of the molecule is CCCCCCCCCCC(O)CC1CCN(C)CC1. The Bertz CT molecular complexity index is 211. The van der Waals surface area contributed by atoms with Crippen LogP contribution in [-0.4, -0.2) is 36.2 Å². The van der Waals surface area contributed by atoms with Gasteiger partial charge in [0.15, 0.2) is 0 Å². The molecule has 0 spiro atoms. The summed E-state index contributed by atoms with van der Waals surface area (Å²) in [5.41, 5.74) is 0. The first-order chi connectivity index (χ1) is 9.72. The summed E-state index contributed by atoms with van der Waals surface area (Å²) in [4.78, 5) is 2.40. The Balaban J connectivity index is 1.88. The number of nitrogens with zero attached hydrogens (tertiary/aromatic N) is 1. The zero-order valence-electron chi connectivity index (χ0n) is 13.9. The van der Waals surface area contributed by atoms with Crippen molar-refractivity contribution < 1.29 is 5.11 Å². The molecule has 0 aromatic rings. The minimum Gasteiger partial charge on any atom is -0.393 e. The van der Waals surface area contributed by atoms with Crippen LogP contribution >= 0.6 is 0 Å². The molecule has 0 aromatic carbocycles. The van der Waals surface area contributed by atoms with Crippen LogP contribution < -0.4 is 0 Å². The molecule has 0 amide bonds. The largest absolute Gasteiger partial charge is 0.393 e. The Morgan fingerprint density at radius 1 is 0.950 bits per heavy atom. The van der Waals surface area contributed by atoms with Gasteiger partial charge in [-0.1, -0.05) is 58.3 Å². The maximum atomic E-state index is 10.1. The Kier molecular flexibility index (Phi) is 10.4. The lowest BCUT2D eigenvalue weighted by Gasteiger charge is -2.30. The summed E-state index contributed by atoms with van der Waals surface area (Å²) in [6.45, 7) is 4.70. The third kappa shape index (κ3) is 8.97. The van der Waals surface area contributed by atoms with E-state index >= 15 is 0 Å². The van der Waals surface area contributed by atoms with E-state index in [0.717, 1.165) is 18.8 Å². The number of aliphatic hydroxyl groups is 1. The summed E-state index contributed by atoms with van der Waals surface area (Å²) < 4.78 is 0. The van der Waals surface area contributed by atoms with Gasteiger partial charge in [0.25, 0.3) is 0 Å². The van der Waals surface area contributed by atoms with Gasteiger partial charge in [-0.15, -0.1) is 0 Å². The molecule has 1 aliphatic heterocycles. The molecule has 1 saturated heterocycles. The molecule has 20 heavy (non-hydrogen) atoms. The molecule has 2 nitrogen and oxygen atoms in total. The molecule has 0 radical (unpaired) electrons. The first kappa shape index (κ1) is 18.0. The predicted molar refractivity (Wildman–Crippen MR) is 88.1 cm³/mol. The fourth-order valence-corrected chi connectivity index (χ4v) is 3.31. The van der Waals surface area contributed by atoms with Crippen molar-refractivity contribution in [2.75, 3.05) is 20.1 Å². The molecule has 120 valence electrons. The van der Waals surface area contributed by atoms with Crippen molar-refractivity contribution >= 4 is 0 Å². The maximum absolute atomic E-state index is 10.1. The van der Waals surface area contributed by atoms with Gasteiger partial charge in [-0.3, -0.25) is 0 Å². The van der Waals surface area contributed by atoms with Crippen LogP contribution in [-0.2, 0) is 0 Å². The van der Waals surface area contributed by atoms with E-state index in [2.05, 4.69) is 18.9 Å². The van der Waals surface area contributed by atoms with Crippen LogP contribution in [0.3, 0.4) is 0 Å². The van der Waals surface area contributed by atoms with Crippen molar-refractivity contribution in [3.05, 3.63) is 0 Å². The zero-order valence-corrected chi connectivity index (χ0v) is 13.9. The van der Waals surface area contributed by atoms with E-state index in [-0.39, 0.29) is 6.10 Å². The van der Waals surface area contributed by atoms with Gasteiger partial charge in [-0.2, -0.15) is 0 Å². The van der Waals surface area contributed by atoms with Crippen LogP contribution in [0.5, 0.6) is 0 Å². The van der Waals surface area contributed by atoms with Crippen molar-refractivity contribution in [2.24, 2.45) is 5.92 Å². The van der Waals surface area contributed by atoms with Crippen LogP contribution in [0.1, 0.15) is 84.0 Å². The predicted octanol–water partition coefficient (Wildman–Crippen LogP) is 4.61. The Morgan fingerprint density at radius 2 is 1.50 bits per heavy atom. The van der Waals surface area contributed by atoms with Crippen LogP contribution in [0.4, 0.5) is 0 Å². The molecule has 1 unspecified atom stereocenters. The molecule has 0 saturated carbocycles. The molecule has 0 aromatic heterocycles. The third-order valence-corrected chi connectivity index (χ3v) is 4.83. The van der Waals surface area contributed by atoms with E-state index in [9.17, 15) is 5.11 Å². The molecule has 2 heteroatoms. The Hall–Kier alpha value is -0.0800. The standard InChI is InChI=1S/C18H37NO/c1-3-4-5-6-7-8-9-10-11-18(20)16-17-12-14-19(2)15-13-17/h17-18,20H,3-16H2,1-2H3. The quantitative estimate of drug-likeness (QED) is 0.560. The number of piperidine rings is 1. The van der Waals surface area contributed by atoms with Gasteiger partial charge in [0.1, 0.15) is 0 Å². The van der Waals surface area contributed by atoms with Gasteiger partial charge >= 0.3 is 0 Å². The van der Waals surface area contributed by atoms with Crippen molar-refractivity contribution in [2.45, 2.75) is 90.1 Å². The first-order valence-electron chi connectivity index (χ1n) is 9.09. The maximum Gasteiger partial charge on any atom is 0.0543 e. The second-order valence-electron chi connectivity index (χ2n) is 6.90. The van der Waals surface area contributed by atoms with Crippen molar-refractivity contribution in [1.29, 1.82) is 0 Å². The summed E-state index contributed by atoms with van der Waals surface area (Å²) in [5.74, 6) is 0.773. The minimum absolute atomic E-state index is 0.0384. The highest BCUT2D eigenvalue weighted by atomic mass is 16.3. The summed E-state index contributed by atoms with van der Waals surface area (Å²) >= 11 is 0. The van der Waals surface area contributed by atoms with Crippen molar-refractivity contribution in [1.82, 2.24) is 4.90 Å². The highest BCUT2D eigenvalue weighted by Gasteiger charge is 2.19. The number of rotatable bonds is 11. The molecule has 1 rings (SSSR count). The van der Waals surface area contributed by atoms with Crippen LogP contribution in [0.15, 0.2) is 0 Å². The average Bonchev–Trinajstić information content (AvgIpc) is 2.44. The molecule has 1 fully saturated rings. The van der Waals surface area contributed by atoms with Gasteiger partial charge in [0.05, 0.1) is 6.10 Å². The molecule has 1 atom stereocenters. The molecule has 1 N–H and O–H groups in total. The third-order valence-electron chi connectivity index (χ3n) is 4.83. The zero-order chi connectivity index (χ0) is 14.6. The molecule has 0 bridgehead atoms. The average molecular weight is 284 g/mol. The summed E-state index contributed by atoms with van der Waals surface area (Å²) in [7, 11) is 2.20. The molecular weight excluding hydrogens is 246 g/mol. The van der Waals surface area contributed by atoms with Crippen LogP contribution in [0, 0.1) is 5.92 Å². The lowest BCUT2D eigenvalue weighted by Crippen LogP contribution is -2.31. The second kappa shape index (κ2) is 11.6. The van der Waals surface area contributed by atoms with Crippen molar-refractivity contribution in [3.63, 3.8) is 0 Å². The van der Waals surface area contributed by atoms with E-state index in [0.29, 0.717) is 0 Å². The molecular formula is C18H37NO. The smallest absolute Gasteiger partial charge is 0.0543 e. The van der Waals surface area contributed by atoms with Crippen LogP contribution in [0.25, 0.3) is 0 Å². The van der Waals surface area contributed by atoms with E-state index in [1.54, 1.807) is 0 Å². The van der Waals surface area contributed by atoms with Gasteiger partial charge in [0, 0.05) is 0 Å². The monoisotopic (exact) mass is 283 g/mol. The minimum atomic E-state index is -0.0384. The van der Waals surface area contributed by atoms with E-state index in [1.807, 2.05) is 0 Å². The Labute approximate surface area is 126 Å². The molecule has 0 aliphatic carbocycles. The fraction of sp³-hybridized carbons (Fsp3) is 1.00. The summed E-state index contributed by atoms with van der Waals surface area (Å²) in [6, 6.07) is 0. The van der Waals surface area contributed by atoms with Gasteiger partial charge < -0.3 is 10.0 Å².